The molecule has 3 rings (SSSR count). The number of ether oxygens (including phenoxy) is 1. The fourth-order valence-electron chi connectivity index (χ4n) is 1.91. The topological polar surface area (TPSA) is 47.0 Å². The van der Waals surface area contributed by atoms with Crippen molar-refractivity contribution in [2.75, 3.05) is 12.4 Å². The summed E-state index contributed by atoms with van der Waals surface area (Å²) >= 11 is 6.00. The standard InChI is InChI=1S/C14H13ClFN3O/c1-20-11-6-9(4-5-10(11)16)17-13-7-12(15)18-14(19-13)8-2-3-8/h4-8H,2-3H2,1H3,(H,17,18,19). The van der Waals surface area contributed by atoms with Gasteiger partial charge in [0.1, 0.15) is 16.8 Å². The zero-order valence-corrected chi connectivity index (χ0v) is 11.6. The van der Waals surface area contributed by atoms with E-state index >= 15 is 0 Å². The van der Waals surface area contributed by atoms with E-state index < -0.39 is 5.82 Å². The Bertz CT molecular complexity index is 646. The van der Waals surface area contributed by atoms with Crippen LogP contribution in [0.3, 0.4) is 0 Å². The van der Waals surface area contributed by atoms with Gasteiger partial charge in [0, 0.05) is 23.7 Å². The van der Waals surface area contributed by atoms with Crippen LogP contribution in [0.1, 0.15) is 24.6 Å². The number of halogens is 2. The van der Waals surface area contributed by atoms with E-state index in [0.29, 0.717) is 22.6 Å². The van der Waals surface area contributed by atoms with Crippen molar-refractivity contribution in [1.29, 1.82) is 0 Å². The lowest BCUT2D eigenvalue weighted by Gasteiger charge is -2.09. The molecule has 1 aromatic heterocycles. The summed E-state index contributed by atoms with van der Waals surface area (Å²) in [5.41, 5.74) is 0.680. The first-order valence-electron chi connectivity index (χ1n) is 6.31. The van der Waals surface area contributed by atoms with Gasteiger partial charge in [-0.25, -0.2) is 14.4 Å². The molecule has 0 aliphatic heterocycles. The Morgan fingerprint density at radius 3 is 2.80 bits per heavy atom. The third-order valence-corrected chi connectivity index (χ3v) is 3.27. The SMILES string of the molecule is COc1cc(Nc2cc(Cl)nc(C3CC3)n2)ccc1F. The van der Waals surface area contributed by atoms with Crippen molar-refractivity contribution in [3.05, 3.63) is 41.1 Å². The number of methoxy groups -OCH3 is 1. The van der Waals surface area contributed by atoms with Gasteiger partial charge in [-0.05, 0) is 25.0 Å². The molecule has 104 valence electrons. The Balaban J connectivity index is 1.87. The van der Waals surface area contributed by atoms with Gasteiger partial charge in [-0.1, -0.05) is 11.6 Å². The van der Waals surface area contributed by atoms with Crippen LogP contribution in [0.2, 0.25) is 5.15 Å². The molecule has 2 aromatic rings. The minimum Gasteiger partial charge on any atom is -0.494 e. The summed E-state index contributed by atoms with van der Waals surface area (Å²) < 4.78 is 18.3. The summed E-state index contributed by atoms with van der Waals surface area (Å²) in [7, 11) is 1.43. The lowest BCUT2D eigenvalue weighted by molar-refractivity contribution is 0.387. The molecule has 0 saturated heterocycles. The summed E-state index contributed by atoms with van der Waals surface area (Å²) in [4.78, 5) is 8.64. The highest BCUT2D eigenvalue weighted by Crippen LogP contribution is 2.39. The number of nitrogens with zero attached hydrogens (tertiary/aromatic N) is 2. The number of aromatic nitrogens is 2. The highest BCUT2D eigenvalue weighted by atomic mass is 35.5. The van der Waals surface area contributed by atoms with E-state index in [0.717, 1.165) is 18.7 Å². The van der Waals surface area contributed by atoms with Gasteiger partial charge >= 0.3 is 0 Å². The molecule has 0 amide bonds. The fraction of sp³-hybridized carbons (Fsp3) is 0.286. The third kappa shape index (κ3) is 2.82. The van der Waals surface area contributed by atoms with Crippen LogP contribution in [-0.4, -0.2) is 17.1 Å². The lowest BCUT2D eigenvalue weighted by Crippen LogP contribution is -2.00. The van der Waals surface area contributed by atoms with Gasteiger partial charge in [0.15, 0.2) is 11.6 Å². The molecule has 20 heavy (non-hydrogen) atoms. The van der Waals surface area contributed by atoms with E-state index in [-0.39, 0.29) is 5.75 Å². The Kier molecular flexibility index (Phi) is 3.44. The maximum absolute atomic E-state index is 13.4. The minimum atomic E-state index is -0.405. The van der Waals surface area contributed by atoms with Crippen molar-refractivity contribution in [2.24, 2.45) is 0 Å². The van der Waals surface area contributed by atoms with E-state index in [9.17, 15) is 4.39 Å². The van der Waals surface area contributed by atoms with Crippen LogP contribution in [0.25, 0.3) is 0 Å². The Hall–Kier alpha value is -1.88. The van der Waals surface area contributed by atoms with Crippen LogP contribution in [0, 0.1) is 5.82 Å². The summed E-state index contributed by atoms with van der Waals surface area (Å²) in [5, 5.41) is 3.49. The van der Waals surface area contributed by atoms with Crippen molar-refractivity contribution in [1.82, 2.24) is 9.97 Å². The minimum absolute atomic E-state index is 0.178. The van der Waals surface area contributed by atoms with Crippen LogP contribution in [0.15, 0.2) is 24.3 Å². The number of benzene rings is 1. The molecule has 1 saturated carbocycles. The zero-order chi connectivity index (χ0) is 14.1. The highest BCUT2D eigenvalue weighted by Gasteiger charge is 2.27. The van der Waals surface area contributed by atoms with Crippen molar-refractivity contribution < 1.29 is 9.13 Å². The van der Waals surface area contributed by atoms with Crippen molar-refractivity contribution >= 4 is 23.1 Å². The maximum Gasteiger partial charge on any atom is 0.165 e. The van der Waals surface area contributed by atoms with E-state index in [4.69, 9.17) is 16.3 Å². The molecule has 1 aromatic carbocycles. The molecular formula is C14H13ClFN3O. The molecule has 0 atom stereocenters. The van der Waals surface area contributed by atoms with Gasteiger partial charge < -0.3 is 10.1 Å². The average molecular weight is 294 g/mol. The van der Waals surface area contributed by atoms with Crippen molar-refractivity contribution in [3.63, 3.8) is 0 Å². The van der Waals surface area contributed by atoms with Crippen LogP contribution in [-0.2, 0) is 0 Å². The summed E-state index contributed by atoms with van der Waals surface area (Å²) in [6, 6.07) is 6.17. The van der Waals surface area contributed by atoms with Crippen molar-refractivity contribution in [3.8, 4) is 5.75 Å². The zero-order valence-electron chi connectivity index (χ0n) is 10.9. The second kappa shape index (κ2) is 5.25. The Morgan fingerprint density at radius 1 is 1.30 bits per heavy atom. The largest absolute Gasteiger partial charge is 0.494 e. The molecule has 1 aliphatic carbocycles. The molecule has 0 spiro atoms. The first-order chi connectivity index (χ1) is 9.65. The van der Waals surface area contributed by atoms with Crippen LogP contribution in [0.5, 0.6) is 5.75 Å². The normalized spacial score (nSPS) is 14.2. The van der Waals surface area contributed by atoms with E-state index in [1.165, 1.54) is 13.2 Å². The monoisotopic (exact) mass is 293 g/mol. The third-order valence-electron chi connectivity index (χ3n) is 3.08. The second-order valence-corrected chi connectivity index (χ2v) is 5.07. The average Bonchev–Trinajstić information content (AvgIpc) is 3.25. The van der Waals surface area contributed by atoms with E-state index in [1.54, 1.807) is 18.2 Å². The van der Waals surface area contributed by atoms with Gasteiger partial charge in [-0.2, -0.15) is 0 Å². The maximum atomic E-state index is 13.4. The molecule has 1 aliphatic rings. The van der Waals surface area contributed by atoms with E-state index in [1.807, 2.05) is 0 Å². The summed E-state index contributed by atoms with van der Waals surface area (Å²) in [5.74, 6) is 1.54. The molecule has 6 heteroatoms. The first kappa shape index (κ1) is 13.1. The molecule has 0 radical (unpaired) electrons. The highest BCUT2D eigenvalue weighted by molar-refractivity contribution is 6.29. The molecule has 1 fully saturated rings. The molecule has 0 bridgehead atoms. The lowest BCUT2D eigenvalue weighted by atomic mass is 10.3. The molecule has 1 N–H and O–H groups in total. The molecule has 1 heterocycles. The summed E-state index contributed by atoms with van der Waals surface area (Å²) in [6.45, 7) is 0. The predicted octanol–water partition coefficient (Wildman–Crippen LogP) is 3.90. The van der Waals surface area contributed by atoms with Gasteiger partial charge in [0.05, 0.1) is 7.11 Å². The first-order valence-corrected chi connectivity index (χ1v) is 6.68. The molecule has 4 nitrogen and oxygen atoms in total. The second-order valence-electron chi connectivity index (χ2n) is 4.68. The van der Waals surface area contributed by atoms with Gasteiger partial charge in [0.25, 0.3) is 0 Å². The number of rotatable bonds is 4. The number of anilines is 2. The summed E-state index contributed by atoms with van der Waals surface area (Å²) in [6.07, 6.45) is 2.20. The van der Waals surface area contributed by atoms with Gasteiger partial charge in [0.2, 0.25) is 0 Å². The fourth-order valence-corrected chi connectivity index (χ4v) is 2.10. The number of hydrogen-bond acceptors (Lipinski definition) is 4. The molecular weight excluding hydrogens is 281 g/mol. The number of nitrogens with one attached hydrogen (secondary N) is 1. The number of hydrogen-bond donors (Lipinski definition) is 1. The van der Waals surface area contributed by atoms with Crippen LogP contribution in [0.4, 0.5) is 15.9 Å². The van der Waals surface area contributed by atoms with Crippen LogP contribution >= 0.6 is 11.6 Å². The Labute approximate surface area is 121 Å². The van der Waals surface area contributed by atoms with Gasteiger partial charge in [-0.3, -0.25) is 0 Å². The van der Waals surface area contributed by atoms with Crippen molar-refractivity contribution in [2.45, 2.75) is 18.8 Å². The predicted molar refractivity (Wildman–Crippen MR) is 75.3 cm³/mol. The Morgan fingerprint density at radius 2 is 2.10 bits per heavy atom. The smallest absolute Gasteiger partial charge is 0.165 e. The molecule has 0 unspecified atom stereocenters. The quantitative estimate of drug-likeness (QED) is 0.869. The van der Waals surface area contributed by atoms with Gasteiger partial charge in [-0.15, -0.1) is 0 Å². The van der Waals surface area contributed by atoms with E-state index in [2.05, 4.69) is 15.3 Å². The van der Waals surface area contributed by atoms with Crippen LogP contribution < -0.4 is 10.1 Å².